The SMILES string of the molecule is COC(=O)[C@]1(Nc2ccccc2)CCN(Cc2ccccc2)C[C@@H]1C. The van der Waals surface area contributed by atoms with Crippen LogP contribution in [-0.4, -0.2) is 36.6 Å². The largest absolute Gasteiger partial charge is 0.467 e. The Kier molecular flexibility index (Phi) is 5.39. The van der Waals surface area contributed by atoms with Gasteiger partial charge in [-0.3, -0.25) is 4.90 Å². The van der Waals surface area contributed by atoms with Crippen molar-refractivity contribution < 1.29 is 9.53 Å². The van der Waals surface area contributed by atoms with E-state index in [1.807, 2.05) is 36.4 Å². The second-order valence-corrected chi connectivity index (χ2v) is 6.83. The third kappa shape index (κ3) is 3.85. The Bertz CT molecular complexity index is 690. The number of para-hydroxylation sites is 1. The lowest BCUT2D eigenvalue weighted by Gasteiger charge is -2.45. The van der Waals surface area contributed by atoms with Gasteiger partial charge in [-0.15, -0.1) is 0 Å². The van der Waals surface area contributed by atoms with Gasteiger partial charge in [0.15, 0.2) is 0 Å². The number of methoxy groups -OCH3 is 1. The van der Waals surface area contributed by atoms with E-state index in [0.717, 1.165) is 31.7 Å². The average Bonchev–Trinajstić information content (AvgIpc) is 2.65. The molecule has 2 aromatic rings. The number of nitrogens with zero attached hydrogens (tertiary/aromatic N) is 1. The van der Waals surface area contributed by atoms with Crippen molar-refractivity contribution in [1.29, 1.82) is 0 Å². The van der Waals surface area contributed by atoms with Crippen LogP contribution in [0.4, 0.5) is 5.69 Å². The number of carbonyl (C=O) groups is 1. The Labute approximate surface area is 149 Å². The first kappa shape index (κ1) is 17.5. The molecule has 1 saturated heterocycles. The molecule has 0 spiro atoms. The van der Waals surface area contributed by atoms with Gasteiger partial charge in [0.25, 0.3) is 0 Å². The predicted molar refractivity (Wildman–Crippen MR) is 100 cm³/mol. The number of likely N-dealkylation sites (tertiary alicyclic amines) is 1. The highest BCUT2D eigenvalue weighted by atomic mass is 16.5. The molecule has 25 heavy (non-hydrogen) atoms. The van der Waals surface area contributed by atoms with Gasteiger partial charge in [0, 0.05) is 31.2 Å². The van der Waals surface area contributed by atoms with Gasteiger partial charge < -0.3 is 10.1 Å². The van der Waals surface area contributed by atoms with Crippen molar-refractivity contribution in [2.24, 2.45) is 5.92 Å². The zero-order valence-electron chi connectivity index (χ0n) is 14.9. The molecule has 0 saturated carbocycles. The van der Waals surface area contributed by atoms with Crippen molar-refractivity contribution in [3.8, 4) is 0 Å². The maximum Gasteiger partial charge on any atom is 0.331 e. The molecular weight excluding hydrogens is 312 g/mol. The fourth-order valence-electron chi connectivity index (χ4n) is 3.70. The van der Waals surface area contributed by atoms with Gasteiger partial charge in [-0.1, -0.05) is 55.5 Å². The molecule has 4 heteroatoms. The summed E-state index contributed by atoms with van der Waals surface area (Å²) in [6.45, 7) is 4.75. The van der Waals surface area contributed by atoms with Crippen molar-refractivity contribution in [3.05, 3.63) is 66.2 Å². The number of esters is 1. The van der Waals surface area contributed by atoms with Gasteiger partial charge in [-0.25, -0.2) is 4.79 Å². The molecule has 1 heterocycles. The first-order chi connectivity index (χ1) is 12.1. The lowest BCUT2D eigenvalue weighted by molar-refractivity contribution is -0.150. The van der Waals surface area contributed by atoms with Gasteiger partial charge in [-0.2, -0.15) is 0 Å². The van der Waals surface area contributed by atoms with Crippen LogP contribution in [0.3, 0.4) is 0 Å². The van der Waals surface area contributed by atoms with Crippen LogP contribution in [-0.2, 0) is 16.1 Å². The molecule has 4 nitrogen and oxygen atoms in total. The second-order valence-electron chi connectivity index (χ2n) is 6.83. The number of benzene rings is 2. The van der Waals surface area contributed by atoms with Crippen LogP contribution in [0.5, 0.6) is 0 Å². The molecule has 1 aliphatic rings. The number of ether oxygens (including phenoxy) is 1. The first-order valence-electron chi connectivity index (χ1n) is 8.82. The van der Waals surface area contributed by atoms with Gasteiger partial charge in [0.2, 0.25) is 0 Å². The summed E-state index contributed by atoms with van der Waals surface area (Å²) in [5.41, 5.74) is 1.58. The Balaban J connectivity index is 1.75. The van der Waals surface area contributed by atoms with E-state index in [-0.39, 0.29) is 11.9 Å². The van der Waals surface area contributed by atoms with Gasteiger partial charge in [0.1, 0.15) is 5.54 Å². The molecule has 3 rings (SSSR count). The Hall–Kier alpha value is -2.33. The molecule has 2 atom stereocenters. The Morgan fingerprint density at radius 2 is 1.80 bits per heavy atom. The Morgan fingerprint density at radius 1 is 1.16 bits per heavy atom. The van der Waals surface area contributed by atoms with Crippen LogP contribution in [0, 0.1) is 5.92 Å². The van der Waals surface area contributed by atoms with E-state index in [9.17, 15) is 4.79 Å². The zero-order valence-corrected chi connectivity index (χ0v) is 14.9. The highest BCUT2D eigenvalue weighted by molar-refractivity contribution is 5.85. The summed E-state index contributed by atoms with van der Waals surface area (Å²) in [4.78, 5) is 15.1. The molecule has 1 N–H and O–H groups in total. The summed E-state index contributed by atoms with van der Waals surface area (Å²) < 4.78 is 5.17. The van der Waals surface area contributed by atoms with E-state index >= 15 is 0 Å². The molecule has 1 aliphatic heterocycles. The fraction of sp³-hybridized carbons (Fsp3) is 0.381. The standard InChI is InChI=1S/C21H26N2O2/c1-17-15-23(16-18-9-5-3-6-10-18)14-13-21(17,20(24)25-2)22-19-11-7-4-8-12-19/h3-12,17,22H,13-16H2,1-2H3/t17-,21-/m0/s1. The molecule has 0 aromatic heterocycles. The van der Waals surface area contributed by atoms with Crippen molar-refractivity contribution in [1.82, 2.24) is 4.90 Å². The number of piperidine rings is 1. The molecule has 0 unspecified atom stereocenters. The number of carbonyl (C=O) groups excluding carboxylic acids is 1. The molecule has 2 aromatic carbocycles. The van der Waals surface area contributed by atoms with Crippen molar-refractivity contribution >= 4 is 11.7 Å². The monoisotopic (exact) mass is 338 g/mol. The van der Waals surface area contributed by atoms with Gasteiger partial charge in [-0.05, 0) is 24.1 Å². The topological polar surface area (TPSA) is 41.6 Å². The fourth-order valence-corrected chi connectivity index (χ4v) is 3.70. The Morgan fingerprint density at radius 3 is 2.40 bits per heavy atom. The third-order valence-electron chi connectivity index (χ3n) is 5.14. The summed E-state index contributed by atoms with van der Waals surface area (Å²) in [5, 5.41) is 3.48. The molecule has 0 aliphatic carbocycles. The highest BCUT2D eigenvalue weighted by Gasteiger charge is 2.47. The maximum absolute atomic E-state index is 12.7. The van der Waals surface area contributed by atoms with Crippen LogP contribution in [0.1, 0.15) is 18.9 Å². The maximum atomic E-state index is 12.7. The minimum atomic E-state index is -0.677. The predicted octanol–water partition coefficient (Wildman–Crippen LogP) is 3.55. The average molecular weight is 338 g/mol. The summed E-state index contributed by atoms with van der Waals surface area (Å²) in [7, 11) is 1.47. The van der Waals surface area contributed by atoms with Gasteiger partial charge in [0.05, 0.1) is 7.11 Å². The van der Waals surface area contributed by atoms with Crippen LogP contribution in [0.25, 0.3) is 0 Å². The molecule has 1 fully saturated rings. The highest BCUT2D eigenvalue weighted by Crippen LogP contribution is 2.33. The zero-order chi connectivity index (χ0) is 17.7. The summed E-state index contributed by atoms with van der Waals surface area (Å²) >= 11 is 0. The quantitative estimate of drug-likeness (QED) is 0.847. The molecular formula is C21H26N2O2. The number of rotatable bonds is 5. The van der Waals surface area contributed by atoms with Crippen LogP contribution >= 0.6 is 0 Å². The van der Waals surface area contributed by atoms with Gasteiger partial charge >= 0.3 is 5.97 Å². The van der Waals surface area contributed by atoms with Crippen molar-refractivity contribution in [2.45, 2.75) is 25.4 Å². The molecule has 0 bridgehead atoms. The minimum Gasteiger partial charge on any atom is -0.467 e. The minimum absolute atomic E-state index is 0.137. The lowest BCUT2D eigenvalue weighted by Crippen LogP contribution is -2.60. The molecule has 132 valence electrons. The molecule has 0 amide bonds. The first-order valence-corrected chi connectivity index (χ1v) is 8.82. The smallest absolute Gasteiger partial charge is 0.331 e. The molecule has 0 radical (unpaired) electrons. The van der Waals surface area contributed by atoms with E-state index in [4.69, 9.17) is 4.74 Å². The number of nitrogens with one attached hydrogen (secondary N) is 1. The summed E-state index contributed by atoms with van der Waals surface area (Å²) in [5.74, 6) is -0.0409. The third-order valence-corrected chi connectivity index (χ3v) is 5.14. The van der Waals surface area contributed by atoms with E-state index in [0.29, 0.717) is 0 Å². The van der Waals surface area contributed by atoms with Crippen LogP contribution < -0.4 is 5.32 Å². The lowest BCUT2D eigenvalue weighted by atomic mass is 9.78. The van der Waals surface area contributed by atoms with E-state index in [1.54, 1.807) is 0 Å². The normalized spacial score (nSPS) is 23.8. The van der Waals surface area contributed by atoms with Crippen LogP contribution in [0.15, 0.2) is 60.7 Å². The second kappa shape index (κ2) is 7.70. The van der Waals surface area contributed by atoms with E-state index in [2.05, 4.69) is 41.4 Å². The van der Waals surface area contributed by atoms with Crippen molar-refractivity contribution in [2.75, 3.05) is 25.5 Å². The van der Waals surface area contributed by atoms with E-state index < -0.39 is 5.54 Å². The number of hydrogen-bond donors (Lipinski definition) is 1. The summed E-state index contributed by atoms with van der Waals surface area (Å²) in [6.07, 6.45) is 0.725. The number of anilines is 1. The van der Waals surface area contributed by atoms with Crippen LogP contribution in [0.2, 0.25) is 0 Å². The summed E-state index contributed by atoms with van der Waals surface area (Å²) in [6, 6.07) is 20.4. The number of hydrogen-bond acceptors (Lipinski definition) is 4. The van der Waals surface area contributed by atoms with E-state index in [1.165, 1.54) is 12.7 Å². The van der Waals surface area contributed by atoms with Crippen molar-refractivity contribution in [3.63, 3.8) is 0 Å².